The third kappa shape index (κ3) is 4.15. The number of carbonyl (C=O) groups is 1. The molecular weight excluding hydrogens is 308 g/mol. The lowest BCUT2D eigenvalue weighted by Crippen LogP contribution is -2.57. The number of rotatable bonds is 7. The molecule has 0 fully saturated rings. The van der Waals surface area contributed by atoms with Gasteiger partial charge in [0, 0.05) is 0 Å². The van der Waals surface area contributed by atoms with Crippen LogP contribution in [0.1, 0.15) is 9.67 Å². The maximum absolute atomic E-state index is 12.0. The summed E-state index contributed by atoms with van der Waals surface area (Å²) < 4.78 is 24.5. The average Bonchev–Trinajstić information content (AvgIpc) is 2.82. The largest absolute Gasteiger partial charge is 0.394 e. The van der Waals surface area contributed by atoms with Crippen molar-refractivity contribution < 1.29 is 28.5 Å². The van der Waals surface area contributed by atoms with E-state index in [0.717, 1.165) is 17.6 Å². The fourth-order valence-corrected chi connectivity index (χ4v) is 2.71. The minimum Gasteiger partial charge on any atom is -0.394 e. The number of anilines is 1. The molecule has 0 aromatic carbocycles. The summed E-state index contributed by atoms with van der Waals surface area (Å²) in [6.45, 7) is -1.98. The molecule has 10 heteroatoms. The number of nitrogens with one attached hydrogen (secondary N) is 2. The Labute approximate surface area is 120 Å². The molecule has 1 amide bonds. The van der Waals surface area contributed by atoms with Gasteiger partial charge in [-0.25, -0.2) is 8.42 Å². The Hall–Kier alpha value is -1.20. The van der Waals surface area contributed by atoms with Gasteiger partial charge in [0.15, 0.2) is 0 Å². The summed E-state index contributed by atoms with van der Waals surface area (Å²) in [7, 11) is -3.53. The van der Waals surface area contributed by atoms with Crippen LogP contribution in [0.15, 0.2) is 11.4 Å². The van der Waals surface area contributed by atoms with Crippen LogP contribution in [0.4, 0.5) is 5.69 Å². The van der Waals surface area contributed by atoms with Gasteiger partial charge in [-0.3, -0.25) is 9.52 Å². The maximum Gasteiger partial charge on any atom is 0.264 e. The van der Waals surface area contributed by atoms with Gasteiger partial charge in [-0.2, -0.15) is 0 Å². The first-order valence-corrected chi connectivity index (χ1v) is 8.24. The predicted molar refractivity (Wildman–Crippen MR) is 74.2 cm³/mol. The smallest absolute Gasteiger partial charge is 0.264 e. The van der Waals surface area contributed by atoms with E-state index < -0.39 is 41.3 Å². The lowest BCUT2D eigenvalue weighted by molar-refractivity contribution is 0.0377. The van der Waals surface area contributed by atoms with Gasteiger partial charge in [0.25, 0.3) is 5.91 Å². The number of aliphatic hydroxyl groups is 3. The van der Waals surface area contributed by atoms with Crippen molar-refractivity contribution in [1.29, 1.82) is 0 Å². The molecule has 0 aliphatic carbocycles. The van der Waals surface area contributed by atoms with Gasteiger partial charge in [0.1, 0.15) is 10.4 Å². The van der Waals surface area contributed by atoms with Crippen LogP contribution in [-0.4, -0.2) is 61.3 Å². The molecule has 0 aliphatic rings. The number of hydrogen-bond donors (Lipinski definition) is 5. The molecule has 1 rings (SSSR count). The summed E-state index contributed by atoms with van der Waals surface area (Å²) in [5, 5.41) is 31.2. The number of aliphatic hydroxyl groups excluding tert-OH is 3. The van der Waals surface area contributed by atoms with E-state index >= 15 is 0 Å². The van der Waals surface area contributed by atoms with Gasteiger partial charge in [-0.15, -0.1) is 11.3 Å². The average molecular weight is 324 g/mol. The Morgan fingerprint density at radius 3 is 2.30 bits per heavy atom. The summed E-state index contributed by atoms with van der Waals surface area (Å²) in [5.41, 5.74) is -1.47. The van der Waals surface area contributed by atoms with Crippen molar-refractivity contribution in [2.24, 2.45) is 0 Å². The molecule has 5 N–H and O–H groups in total. The molecule has 0 spiro atoms. The number of hydrogen-bond acceptors (Lipinski definition) is 7. The van der Waals surface area contributed by atoms with Crippen molar-refractivity contribution in [1.82, 2.24) is 5.32 Å². The fraction of sp³-hybridized carbons (Fsp3) is 0.500. The zero-order chi connectivity index (χ0) is 15.4. The molecule has 0 saturated carbocycles. The normalized spacial score (nSPS) is 12.2. The molecule has 8 nitrogen and oxygen atoms in total. The van der Waals surface area contributed by atoms with E-state index in [2.05, 4.69) is 10.0 Å². The number of amides is 1. The minimum atomic E-state index is -3.53. The molecule has 0 radical (unpaired) electrons. The van der Waals surface area contributed by atoms with Gasteiger partial charge in [0.05, 0.1) is 31.8 Å². The van der Waals surface area contributed by atoms with Crippen LogP contribution in [-0.2, 0) is 10.0 Å². The summed E-state index contributed by atoms with van der Waals surface area (Å²) >= 11 is 0.987. The van der Waals surface area contributed by atoms with E-state index in [1.54, 1.807) is 0 Å². The quantitative estimate of drug-likeness (QED) is 0.417. The van der Waals surface area contributed by atoms with Crippen molar-refractivity contribution in [3.8, 4) is 0 Å². The molecule has 0 atom stereocenters. The van der Waals surface area contributed by atoms with Crippen LogP contribution >= 0.6 is 11.3 Å². The molecule has 0 saturated heterocycles. The third-order valence-electron chi connectivity index (χ3n) is 2.45. The monoisotopic (exact) mass is 324 g/mol. The number of carbonyl (C=O) groups excluding carboxylic acids is 1. The van der Waals surface area contributed by atoms with Crippen LogP contribution in [0.25, 0.3) is 0 Å². The van der Waals surface area contributed by atoms with Crippen molar-refractivity contribution in [2.45, 2.75) is 5.54 Å². The highest BCUT2D eigenvalue weighted by Gasteiger charge is 2.31. The zero-order valence-electron chi connectivity index (χ0n) is 10.7. The van der Waals surface area contributed by atoms with Crippen molar-refractivity contribution >= 4 is 33.0 Å². The molecule has 0 aliphatic heterocycles. The second-order valence-electron chi connectivity index (χ2n) is 4.25. The topological polar surface area (TPSA) is 136 Å². The summed E-state index contributed by atoms with van der Waals surface area (Å²) in [6, 6.07) is 1.42. The van der Waals surface area contributed by atoms with Crippen LogP contribution in [0.3, 0.4) is 0 Å². The standard InChI is InChI=1S/C10H16N2O6S2/c1-20(17,18)12-7-2-3-19-8(7)9(16)11-10(4-13,5-14)6-15/h2-3,12-15H,4-6H2,1H3,(H,11,16). The van der Waals surface area contributed by atoms with Gasteiger partial charge in [-0.05, 0) is 11.4 Å². The number of thiophene rings is 1. The van der Waals surface area contributed by atoms with Crippen molar-refractivity contribution in [3.05, 3.63) is 16.3 Å². The molecule has 0 bridgehead atoms. The first kappa shape index (κ1) is 16.9. The van der Waals surface area contributed by atoms with Crippen LogP contribution < -0.4 is 10.0 Å². The van der Waals surface area contributed by atoms with E-state index in [0.29, 0.717) is 0 Å². The second kappa shape index (κ2) is 6.50. The van der Waals surface area contributed by atoms with Gasteiger partial charge in [-0.1, -0.05) is 0 Å². The van der Waals surface area contributed by atoms with Crippen molar-refractivity contribution in [3.63, 3.8) is 0 Å². The lowest BCUT2D eigenvalue weighted by Gasteiger charge is -2.28. The van der Waals surface area contributed by atoms with Gasteiger partial charge >= 0.3 is 0 Å². The number of sulfonamides is 1. The highest BCUT2D eigenvalue weighted by molar-refractivity contribution is 7.92. The zero-order valence-corrected chi connectivity index (χ0v) is 12.3. The third-order valence-corrected chi connectivity index (χ3v) is 3.96. The van der Waals surface area contributed by atoms with Crippen molar-refractivity contribution in [2.75, 3.05) is 30.8 Å². The van der Waals surface area contributed by atoms with E-state index in [-0.39, 0.29) is 10.6 Å². The summed E-state index contributed by atoms with van der Waals surface area (Å²) in [4.78, 5) is 12.1. The highest BCUT2D eigenvalue weighted by atomic mass is 32.2. The Balaban J connectivity index is 2.96. The summed E-state index contributed by atoms with van der Waals surface area (Å²) in [6.07, 6.45) is 0.950. The molecular formula is C10H16N2O6S2. The van der Waals surface area contributed by atoms with E-state index in [1.165, 1.54) is 11.4 Å². The Kier molecular flexibility index (Phi) is 5.48. The fourth-order valence-electron chi connectivity index (χ4n) is 1.33. The van der Waals surface area contributed by atoms with Crippen LogP contribution in [0, 0.1) is 0 Å². The molecule has 114 valence electrons. The minimum absolute atomic E-state index is 0.0650. The molecule has 20 heavy (non-hydrogen) atoms. The lowest BCUT2D eigenvalue weighted by atomic mass is 10.0. The van der Waals surface area contributed by atoms with E-state index in [4.69, 9.17) is 15.3 Å². The van der Waals surface area contributed by atoms with Gasteiger partial charge in [0.2, 0.25) is 10.0 Å². The van der Waals surface area contributed by atoms with Gasteiger partial charge < -0.3 is 20.6 Å². The maximum atomic E-state index is 12.0. The van der Waals surface area contributed by atoms with E-state index in [9.17, 15) is 13.2 Å². The first-order chi connectivity index (χ1) is 9.27. The molecule has 1 aromatic rings. The first-order valence-electron chi connectivity index (χ1n) is 5.47. The molecule has 1 heterocycles. The second-order valence-corrected chi connectivity index (χ2v) is 6.91. The predicted octanol–water partition coefficient (Wildman–Crippen LogP) is -1.43. The highest BCUT2D eigenvalue weighted by Crippen LogP contribution is 2.23. The molecule has 0 unspecified atom stereocenters. The SMILES string of the molecule is CS(=O)(=O)Nc1ccsc1C(=O)NC(CO)(CO)CO. The Bertz CT molecular complexity index is 556. The van der Waals surface area contributed by atoms with Crippen LogP contribution in [0.5, 0.6) is 0 Å². The van der Waals surface area contributed by atoms with Crippen LogP contribution in [0.2, 0.25) is 0 Å². The Morgan fingerprint density at radius 2 is 1.85 bits per heavy atom. The summed E-state index contributed by atoms with van der Waals surface area (Å²) in [5.74, 6) is -0.705. The van der Waals surface area contributed by atoms with E-state index in [1.807, 2.05) is 0 Å². The Morgan fingerprint density at radius 1 is 1.30 bits per heavy atom. The molecule has 1 aromatic heterocycles.